The average Bonchev–Trinajstić information content (AvgIpc) is 2.59. The van der Waals surface area contributed by atoms with Crippen molar-refractivity contribution in [2.24, 2.45) is 11.8 Å². The molecule has 0 bridgehead atoms. The molecule has 1 heterocycles. The Morgan fingerprint density at radius 1 is 1.12 bits per heavy atom. The highest BCUT2D eigenvalue weighted by atomic mass is 32.2. The summed E-state index contributed by atoms with van der Waals surface area (Å²) in [4.78, 5) is 12.7. The number of hydrogen-bond donors (Lipinski definition) is 1. The van der Waals surface area contributed by atoms with Gasteiger partial charge in [0.15, 0.2) is 0 Å². The lowest BCUT2D eigenvalue weighted by atomic mass is 9.93. The monoisotopic (exact) mass is 368 g/mol. The highest BCUT2D eigenvalue weighted by molar-refractivity contribution is 7.89. The molecule has 2 rings (SSSR count). The number of benzene rings is 1. The Balaban J connectivity index is 2.21. The number of morpholine rings is 1. The molecule has 140 valence electrons. The first-order chi connectivity index (χ1) is 11.7. The minimum atomic E-state index is -3.61. The third kappa shape index (κ3) is 4.80. The van der Waals surface area contributed by atoms with Gasteiger partial charge < -0.3 is 10.1 Å². The molecular weight excluding hydrogens is 340 g/mol. The van der Waals surface area contributed by atoms with E-state index >= 15 is 0 Å². The molecule has 1 amide bonds. The van der Waals surface area contributed by atoms with Gasteiger partial charge in [0.1, 0.15) is 0 Å². The van der Waals surface area contributed by atoms with E-state index in [9.17, 15) is 13.2 Å². The molecule has 0 unspecified atom stereocenters. The van der Waals surface area contributed by atoms with Crippen LogP contribution in [0.25, 0.3) is 0 Å². The number of carbonyl (C=O) groups is 1. The van der Waals surface area contributed by atoms with Gasteiger partial charge in [-0.15, -0.1) is 0 Å². The van der Waals surface area contributed by atoms with Crippen LogP contribution in [0.2, 0.25) is 0 Å². The Hall–Kier alpha value is -1.44. The van der Waals surface area contributed by atoms with Crippen LogP contribution in [0, 0.1) is 11.8 Å². The van der Waals surface area contributed by atoms with Crippen molar-refractivity contribution >= 4 is 15.9 Å². The normalized spacial score (nSPS) is 16.6. The van der Waals surface area contributed by atoms with Crippen molar-refractivity contribution in [1.82, 2.24) is 9.62 Å². The third-order valence-corrected chi connectivity index (χ3v) is 6.33. The first kappa shape index (κ1) is 19.9. The minimum Gasteiger partial charge on any atom is -0.379 e. The highest BCUT2D eigenvalue weighted by Gasteiger charge is 2.27. The third-order valence-electron chi connectivity index (χ3n) is 4.44. The van der Waals surface area contributed by atoms with Gasteiger partial charge in [0.05, 0.1) is 18.1 Å². The second kappa shape index (κ2) is 8.29. The highest BCUT2D eigenvalue weighted by Crippen LogP contribution is 2.19. The number of amides is 1. The van der Waals surface area contributed by atoms with Crippen molar-refractivity contribution in [2.75, 3.05) is 26.3 Å². The Morgan fingerprint density at radius 3 is 2.28 bits per heavy atom. The van der Waals surface area contributed by atoms with E-state index in [1.54, 1.807) is 12.1 Å². The number of carbonyl (C=O) groups excluding carboxylic acids is 1. The quantitative estimate of drug-likeness (QED) is 0.834. The van der Waals surface area contributed by atoms with Crippen LogP contribution in [0.4, 0.5) is 0 Å². The standard InChI is InChI=1S/C18H28N2O4S/c1-13(2)17(14(3)4)19-18(21)15-6-5-7-16(12-15)25(22,23)20-8-10-24-11-9-20/h5-7,12-14,17H,8-11H2,1-4H3,(H,19,21). The molecule has 0 aliphatic carbocycles. The van der Waals surface area contributed by atoms with E-state index in [2.05, 4.69) is 33.0 Å². The van der Waals surface area contributed by atoms with Gasteiger partial charge in [-0.05, 0) is 30.0 Å². The summed E-state index contributed by atoms with van der Waals surface area (Å²) in [6, 6.07) is 6.28. The number of rotatable bonds is 6. The average molecular weight is 368 g/mol. The fourth-order valence-corrected chi connectivity index (χ4v) is 4.53. The molecule has 1 fully saturated rings. The summed E-state index contributed by atoms with van der Waals surface area (Å²) in [5.74, 6) is 0.347. The molecule has 1 aromatic carbocycles. The van der Waals surface area contributed by atoms with Gasteiger partial charge in [-0.1, -0.05) is 33.8 Å². The number of nitrogens with zero attached hydrogens (tertiary/aromatic N) is 1. The molecule has 1 N–H and O–H groups in total. The van der Waals surface area contributed by atoms with Gasteiger partial charge in [0, 0.05) is 24.7 Å². The van der Waals surface area contributed by atoms with Crippen LogP contribution in [0.3, 0.4) is 0 Å². The summed E-state index contributed by atoms with van der Waals surface area (Å²) >= 11 is 0. The van der Waals surface area contributed by atoms with Crippen molar-refractivity contribution in [3.63, 3.8) is 0 Å². The van der Waals surface area contributed by atoms with E-state index in [4.69, 9.17) is 4.74 Å². The zero-order chi connectivity index (χ0) is 18.6. The Morgan fingerprint density at radius 2 is 1.72 bits per heavy atom. The lowest BCUT2D eigenvalue weighted by Crippen LogP contribution is -2.42. The molecule has 1 aliphatic heterocycles. The van der Waals surface area contributed by atoms with Crippen LogP contribution < -0.4 is 5.32 Å². The maximum atomic E-state index is 12.7. The van der Waals surface area contributed by atoms with Crippen molar-refractivity contribution < 1.29 is 17.9 Å². The first-order valence-electron chi connectivity index (χ1n) is 8.72. The van der Waals surface area contributed by atoms with Crippen LogP contribution in [-0.4, -0.2) is 51.0 Å². The number of nitrogens with one attached hydrogen (secondary N) is 1. The summed E-state index contributed by atoms with van der Waals surface area (Å²) in [6.45, 7) is 9.69. The van der Waals surface area contributed by atoms with Crippen LogP contribution in [0.5, 0.6) is 0 Å². The molecule has 1 aliphatic rings. The Kier molecular flexibility index (Phi) is 6.59. The molecule has 25 heavy (non-hydrogen) atoms. The zero-order valence-electron chi connectivity index (χ0n) is 15.4. The van der Waals surface area contributed by atoms with Gasteiger partial charge in [-0.3, -0.25) is 4.79 Å². The van der Waals surface area contributed by atoms with Crippen molar-refractivity contribution in [2.45, 2.75) is 38.6 Å². The molecule has 0 saturated carbocycles. The molecular formula is C18H28N2O4S. The van der Waals surface area contributed by atoms with Crippen LogP contribution in [0.1, 0.15) is 38.1 Å². The molecule has 1 saturated heterocycles. The fourth-order valence-electron chi connectivity index (χ4n) is 3.07. The summed E-state index contributed by atoms with van der Waals surface area (Å²) in [7, 11) is -3.61. The van der Waals surface area contributed by atoms with Gasteiger partial charge in [0.25, 0.3) is 5.91 Å². The summed E-state index contributed by atoms with van der Waals surface area (Å²) in [5, 5.41) is 3.02. The second-order valence-electron chi connectivity index (χ2n) is 7.03. The SMILES string of the molecule is CC(C)C(NC(=O)c1cccc(S(=O)(=O)N2CCOCC2)c1)C(C)C. The molecule has 6 nitrogen and oxygen atoms in total. The Bertz CT molecular complexity index is 687. The molecule has 0 atom stereocenters. The predicted molar refractivity (Wildman–Crippen MR) is 97.0 cm³/mol. The lowest BCUT2D eigenvalue weighted by Gasteiger charge is -2.27. The summed E-state index contributed by atoms with van der Waals surface area (Å²) in [5.41, 5.74) is 0.362. The summed E-state index contributed by atoms with van der Waals surface area (Å²) in [6.07, 6.45) is 0. The van der Waals surface area contributed by atoms with E-state index in [0.717, 1.165) is 0 Å². The minimum absolute atomic E-state index is 0.0343. The number of sulfonamides is 1. The number of hydrogen-bond acceptors (Lipinski definition) is 4. The van der Waals surface area contributed by atoms with E-state index < -0.39 is 10.0 Å². The van der Waals surface area contributed by atoms with E-state index in [0.29, 0.717) is 43.7 Å². The largest absolute Gasteiger partial charge is 0.379 e. The maximum Gasteiger partial charge on any atom is 0.251 e. The predicted octanol–water partition coefficient (Wildman–Crippen LogP) is 2.12. The first-order valence-corrected chi connectivity index (χ1v) is 10.2. The van der Waals surface area contributed by atoms with E-state index in [-0.39, 0.29) is 16.8 Å². The maximum absolute atomic E-state index is 12.7. The molecule has 7 heteroatoms. The second-order valence-corrected chi connectivity index (χ2v) is 8.97. The number of ether oxygens (including phenoxy) is 1. The van der Waals surface area contributed by atoms with Crippen molar-refractivity contribution in [3.8, 4) is 0 Å². The molecule has 0 spiro atoms. The van der Waals surface area contributed by atoms with Crippen LogP contribution >= 0.6 is 0 Å². The Labute approximate surface area is 150 Å². The van der Waals surface area contributed by atoms with Crippen molar-refractivity contribution in [3.05, 3.63) is 29.8 Å². The van der Waals surface area contributed by atoms with Gasteiger partial charge in [-0.2, -0.15) is 4.31 Å². The molecule has 1 aromatic rings. The smallest absolute Gasteiger partial charge is 0.251 e. The topological polar surface area (TPSA) is 75.7 Å². The summed E-state index contributed by atoms with van der Waals surface area (Å²) < 4.78 is 32.1. The van der Waals surface area contributed by atoms with Crippen molar-refractivity contribution in [1.29, 1.82) is 0 Å². The van der Waals surface area contributed by atoms with E-state index in [1.807, 2.05) is 0 Å². The zero-order valence-corrected chi connectivity index (χ0v) is 16.2. The van der Waals surface area contributed by atoms with Gasteiger partial charge >= 0.3 is 0 Å². The molecule has 0 radical (unpaired) electrons. The lowest BCUT2D eigenvalue weighted by molar-refractivity contribution is 0.0730. The van der Waals surface area contributed by atoms with Gasteiger partial charge in [0.2, 0.25) is 10.0 Å². The van der Waals surface area contributed by atoms with Crippen LogP contribution in [-0.2, 0) is 14.8 Å². The molecule has 0 aromatic heterocycles. The van der Waals surface area contributed by atoms with Crippen LogP contribution in [0.15, 0.2) is 29.2 Å². The van der Waals surface area contributed by atoms with Gasteiger partial charge in [-0.25, -0.2) is 8.42 Å². The fraction of sp³-hybridized carbons (Fsp3) is 0.611. The van der Waals surface area contributed by atoms with E-state index in [1.165, 1.54) is 16.4 Å².